The van der Waals surface area contributed by atoms with Crippen molar-refractivity contribution in [1.82, 2.24) is 10.2 Å². The first-order chi connectivity index (χ1) is 11.5. The van der Waals surface area contributed by atoms with Crippen LogP contribution in [0.25, 0.3) is 0 Å². The number of nitrogens with one attached hydrogen (secondary N) is 1. The second kappa shape index (κ2) is 9.04. The summed E-state index contributed by atoms with van der Waals surface area (Å²) in [6.07, 6.45) is 0.587. The molecule has 2 N–H and O–H groups in total. The average Bonchev–Trinajstić information content (AvgIpc) is 2.61. The Hall–Kier alpha value is -1.59. The summed E-state index contributed by atoms with van der Waals surface area (Å²) in [6.45, 7) is 11.8. The SMILES string of the molecule is CCN1CCN(c2ccc(C(=O)NC(CCO)C(C)C)cc2)CC1. The number of rotatable bonds is 7. The monoisotopic (exact) mass is 333 g/mol. The predicted octanol–water partition coefficient (Wildman–Crippen LogP) is 1.97. The lowest BCUT2D eigenvalue weighted by Gasteiger charge is -2.35. The molecule has 5 heteroatoms. The van der Waals surface area contributed by atoms with Gasteiger partial charge in [0.25, 0.3) is 5.91 Å². The zero-order valence-electron chi connectivity index (χ0n) is 15.2. The van der Waals surface area contributed by atoms with Crippen molar-refractivity contribution >= 4 is 11.6 Å². The number of hydrogen-bond acceptors (Lipinski definition) is 4. The van der Waals surface area contributed by atoms with Crippen LogP contribution in [0.15, 0.2) is 24.3 Å². The molecule has 134 valence electrons. The van der Waals surface area contributed by atoms with Crippen LogP contribution >= 0.6 is 0 Å². The Morgan fingerprint density at radius 2 is 1.79 bits per heavy atom. The third-order valence-corrected chi connectivity index (χ3v) is 4.88. The number of amides is 1. The van der Waals surface area contributed by atoms with Gasteiger partial charge in [-0.15, -0.1) is 0 Å². The highest BCUT2D eigenvalue weighted by molar-refractivity contribution is 5.94. The first kappa shape index (κ1) is 18.7. The van der Waals surface area contributed by atoms with E-state index in [0.717, 1.165) is 32.7 Å². The lowest BCUT2D eigenvalue weighted by molar-refractivity contribution is 0.0916. The van der Waals surface area contributed by atoms with E-state index < -0.39 is 0 Å². The summed E-state index contributed by atoms with van der Waals surface area (Å²) >= 11 is 0. The molecule has 1 aromatic rings. The summed E-state index contributed by atoms with van der Waals surface area (Å²) in [7, 11) is 0. The number of carbonyl (C=O) groups is 1. The number of piperazine rings is 1. The molecular formula is C19H31N3O2. The van der Waals surface area contributed by atoms with E-state index in [0.29, 0.717) is 17.9 Å². The molecule has 1 aliphatic rings. The number of likely N-dealkylation sites (N-methyl/N-ethyl adjacent to an activating group) is 1. The van der Waals surface area contributed by atoms with E-state index in [1.54, 1.807) is 0 Å². The van der Waals surface area contributed by atoms with E-state index in [1.165, 1.54) is 5.69 Å². The van der Waals surface area contributed by atoms with E-state index in [9.17, 15) is 4.79 Å². The van der Waals surface area contributed by atoms with Crippen LogP contribution in [0.2, 0.25) is 0 Å². The smallest absolute Gasteiger partial charge is 0.251 e. The molecule has 24 heavy (non-hydrogen) atoms. The van der Waals surface area contributed by atoms with E-state index in [1.807, 2.05) is 24.3 Å². The van der Waals surface area contributed by atoms with E-state index in [-0.39, 0.29) is 18.6 Å². The molecule has 1 heterocycles. The van der Waals surface area contributed by atoms with Gasteiger partial charge in [0, 0.05) is 50.1 Å². The van der Waals surface area contributed by atoms with E-state index in [2.05, 4.69) is 35.9 Å². The molecule has 1 unspecified atom stereocenters. The number of hydrogen-bond donors (Lipinski definition) is 2. The predicted molar refractivity (Wildman–Crippen MR) is 98.6 cm³/mol. The summed E-state index contributed by atoms with van der Waals surface area (Å²) in [5.41, 5.74) is 1.85. The highest BCUT2D eigenvalue weighted by Crippen LogP contribution is 2.18. The number of benzene rings is 1. The van der Waals surface area contributed by atoms with Gasteiger partial charge in [0.1, 0.15) is 0 Å². The molecule has 0 radical (unpaired) electrons. The largest absolute Gasteiger partial charge is 0.396 e. The highest BCUT2D eigenvalue weighted by Gasteiger charge is 2.18. The van der Waals surface area contributed by atoms with Gasteiger partial charge in [0.05, 0.1) is 0 Å². The molecule has 1 aromatic carbocycles. The Morgan fingerprint density at radius 3 is 2.29 bits per heavy atom. The zero-order chi connectivity index (χ0) is 17.5. The number of nitrogens with zero attached hydrogens (tertiary/aromatic N) is 2. The van der Waals surface area contributed by atoms with Crippen molar-refractivity contribution in [2.75, 3.05) is 44.2 Å². The topological polar surface area (TPSA) is 55.8 Å². The highest BCUT2D eigenvalue weighted by atomic mass is 16.3. The molecule has 1 fully saturated rings. The molecule has 1 aliphatic heterocycles. The van der Waals surface area contributed by atoms with Crippen LogP contribution in [0, 0.1) is 5.92 Å². The van der Waals surface area contributed by atoms with Gasteiger partial charge in [0.2, 0.25) is 0 Å². The Kier molecular flexibility index (Phi) is 7.06. The van der Waals surface area contributed by atoms with Crippen molar-refractivity contribution in [2.45, 2.75) is 33.2 Å². The zero-order valence-corrected chi connectivity index (χ0v) is 15.2. The van der Waals surface area contributed by atoms with E-state index >= 15 is 0 Å². The van der Waals surface area contributed by atoms with Crippen LogP contribution in [-0.4, -0.2) is 61.3 Å². The summed E-state index contributed by atoms with van der Waals surface area (Å²) < 4.78 is 0. The minimum absolute atomic E-state index is 0.00398. The van der Waals surface area contributed by atoms with Crippen molar-refractivity contribution in [2.24, 2.45) is 5.92 Å². The summed E-state index contributed by atoms with van der Waals surface area (Å²) in [5, 5.41) is 12.2. The summed E-state index contributed by atoms with van der Waals surface area (Å²) in [4.78, 5) is 17.2. The van der Waals surface area contributed by atoms with Crippen LogP contribution in [-0.2, 0) is 0 Å². The van der Waals surface area contributed by atoms with Crippen molar-refractivity contribution in [3.63, 3.8) is 0 Å². The van der Waals surface area contributed by atoms with Gasteiger partial charge in [-0.3, -0.25) is 4.79 Å². The molecule has 0 saturated carbocycles. The number of aliphatic hydroxyl groups is 1. The molecule has 2 rings (SSSR count). The Balaban J connectivity index is 1.95. The Morgan fingerprint density at radius 1 is 1.17 bits per heavy atom. The second-order valence-electron chi connectivity index (χ2n) is 6.80. The minimum Gasteiger partial charge on any atom is -0.396 e. The maximum atomic E-state index is 12.4. The average molecular weight is 333 g/mol. The number of aliphatic hydroxyl groups excluding tert-OH is 1. The van der Waals surface area contributed by atoms with Crippen LogP contribution < -0.4 is 10.2 Å². The second-order valence-corrected chi connectivity index (χ2v) is 6.80. The van der Waals surface area contributed by atoms with Crippen LogP contribution in [0.5, 0.6) is 0 Å². The first-order valence-electron chi connectivity index (χ1n) is 9.04. The van der Waals surface area contributed by atoms with Crippen molar-refractivity contribution in [1.29, 1.82) is 0 Å². The van der Waals surface area contributed by atoms with Crippen molar-refractivity contribution < 1.29 is 9.90 Å². The third-order valence-electron chi connectivity index (χ3n) is 4.88. The quantitative estimate of drug-likeness (QED) is 0.801. The Labute approximate surface area is 145 Å². The Bertz CT molecular complexity index is 508. The van der Waals surface area contributed by atoms with Gasteiger partial charge >= 0.3 is 0 Å². The standard InChI is InChI=1S/C19H31N3O2/c1-4-21-10-12-22(13-11-21)17-7-5-16(6-8-17)19(24)20-18(9-14-23)15(2)3/h5-8,15,18,23H,4,9-14H2,1-3H3,(H,20,24). The van der Waals surface area contributed by atoms with Gasteiger partial charge in [0.15, 0.2) is 0 Å². The fourth-order valence-electron chi connectivity index (χ4n) is 3.11. The maximum Gasteiger partial charge on any atom is 0.251 e. The summed E-state index contributed by atoms with van der Waals surface area (Å²) in [6, 6.07) is 7.87. The number of carbonyl (C=O) groups excluding carboxylic acids is 1. The van der Waals surface area contributed by atoms with Crippen LogP contribution in [0.1, 0.15) is 37.6 Å². The first-order valence-corrected chi connectivity index (χ1v) is 9.04. The normalized spacial score (nSPS) is 17.1. The fourth-order valence-corrected chi connectivity index (χ4v) is 3.11. The lowest BCUT2D eigenvalue weighted by atomic mass is 10.0. The lowest BCUT2D eigenvalue weighted by Crippen LogP contribution is -2.46. The van der Waals surface area contributed by atoms with Gasteiger partial charge in [-0.2, -0.15) is 0 Å². The van der Waals surface area contributed by atoms with Crippen molar-refractivity contribution in [3.05, 3.63) is 29.8 Å². The molecular weight excluding hydrogens is 302 g/mol. The molecule has 0 spiro atoms. The molecule has 1 saturated heterocycles. The number of anilines is 1. The molecule has 0 aliphatic carbocycles. The van der Waals surface area contributed by atoms with E-state index in [4.69, 9.17) is 5.11 Å². The molecule has 1 atom stereocenters. The van der Waals surface area contributed by atoms with Crippen molar-refractivity contribution in [3.8, 4) is 0 Å². The third kappa shape index (κ3) is 4.95. The van der Waals surface area contributed by atoms with Gasteiger partial charge in [-0.1, -0.05) is 20.8 Å². The van der Waals surface area contributed by atoms with Gasteiger partial charge < -0.3 is 20.2 Å². The van der Waals surface area contributed by atoms with Crippen LogP contribution in [0.3, 0.4) is 0 Å². The summed E-state index contributed by atoms with van der Waals surface area (Å²) in [5.74, 6) is 0.236. The van der Waals surface area contributed by atoms with Gasteiger partial charge in [-0.25, -0.2) is 0 Å². The maximum absolute atomic E-state index is 12.4. The molecule has 0 bridgehead atoms. The van der Waals surface area contributed by atoms with Gasteiger partial charge in [-0.05, 0) is 43.1 Å². The minimum atomic E-state index is -0.0653. The molecule has 5 nitrogen and oxygen atoms in total. The van der Waals surface area contributed by atoms with Crippen LogP contribution in [0.4, 0.5) is 5.69 Å². The molecule has 0 aromatic heterocycles. The molecule has 1 amide bonds. The fraction of sp³-hybridized carbons (Fsp3) is 0.632.